The molecule has 2 rings (SSSR count). The Bertz CT molecular complexity index is 619. The van der Waals surface area contributed by atoms with Crippen molar-refractivity contribution >= 4 is 24.2 Å². The van der Waals surface area contributed by atoms with Crippen molar-refractivity contribution in [3.8, 4) is 11.5 Å². The van der Waals surface area contributed by atoms with Gasteiger partial charge >= 0.3 is 0 Å². The summed E-state index contributed by atoms with van der Waals surface area (Å²) in [6.45, 7) is 5.54. The molecule has 2 amide bonds. The van der Waals surface area contributed by atoms with Gasteiger partial charge in [-0.15, -0.1) is 12.4 Å². The molecule has 0 aliphatic carbocycles. The van der Waals surface area contributed by atoms with Gasteiger partial charge in [0.1, 0.15) is 0 Å². The SMILES string of the molecule is CCNCC1CCN(C(=O)c2ccc(OCC(=O)NC)c(OC)c2)CC1.Cl. The first-order chi connectivity index (χ1) is 12.6. The Hall–Kier alpha value is -1.99. The summed E-state index contributed by atoms with van der Waals surface area (Å²) >= 11 is 0. The average molecular weight is 400 g/mol. The van der Waals surface area contributed by atoms with Crippen LogP contribution in [0.15, 0.2) is 18.2 Å². The topological polar surface area (TPSA) is 79.9 Å². The Morgan fingerprint density at radius 3 is 2.52 bits per heavy atom. The molecule has 0 unspecified atom stereocenters. The van der Waals surface area contributed by atoms with Gasteiger partial charge in [0.15, 0.2) is 18.1 Å². The van der Waals surface area contributed by atoms with Crippen LogP contribution in [0, 0.1) is 5.92 Å². The van der Waals surface area contributed by atoms with E-state index in [1.54, 1.807) is 25.2 Å². The molecule has 0 radical (unpaired) electrons. The minimum absolute atomic E-state index is 0. The predicted octanol–water partition coefficient (Wildman–Crippen LogP) is 1.70. The highest BCUT2D eigenvalue weighted by Gasteiger charge is 2.24. The van der Waals surface area contributed by atoms with E-state index < -0.39 is 0 Å². The summed E-state index contributed by atoms with van der Waals surface area (Å²) in [5, 5.41) is 5.87. The molecule has 1 aromatic carbocycles. The predicted molar refractivity (Wildman–Crippen MR) is 107 cm³/mol. The van der Waals surface area contributed by atoms with Crippen LogP contribution in [-0.2, 0) is 4.79 Å². The van der Waals surface area contributed by atoms with Crippen LogP contribution in [0.3, 0.4) is 0 Å². The monoisotopic (exact) mass is 399 g/mol. The third kappa shape index (κ3) is 6.59. The van der Waals surface area contributed by atoms with E-state index in [9.17, 15) is 9.59 Å². The van der Waals surface area contributed by atoms with Gasteiger partial charge in [-0.3, -0.25) is 9.59 Å². The van der Waals surface area contributed by atoms with Crippen LogP contribution in [-0.4, -0.2) is 63.7 Å². The number of nitrogens with one attached hydrogen (secondary N) is 2. The van der Waals surface area contributed by atoms with Crippen molar-refractivity contribution in [3.05, 3.63) is 23.8 Å². The third-order valence-corrected chi connectivity index (χ3v) is 4.63. The van der Waals surface area contributed by atoms with Crippen molar-refractivity contribution in [1.29, 1.82) is 0 Å². The van der Waals surface area contributed by atoms with E-state index in [-0.39, 0.29) is 30.8 Å². The molecule has 152 valence electrons. The summed E-state index contributed by atoms with van der Waals surface area (Å²) in [7, 11) is 3.06. The molecular formula is C19H30ClN3O4. The number of likely N-dealkylation sites (N-methyl/N-ethyl adjacent to an activating group) is 1. The molecule has 0 aromatic heterocycles. The zero-order valence-electron chi connectivity index (χ0n) is 16.2. The fourth-order valence-electron chi connectivity index (χ4n) is 3.01. The quantitative estimate of drug-likeness (QED) is 0.695. The van der Waals surface area contributed by atoms with Crippen molar-refractivity contribution in [1.82, 2.24) is 15.5 Å². The first-order valence-corrected chi connectivity index (χ1v) is 9.10. The molecule has 2 N–H and O–H groups in total. The summed E-state index contributed by atoms with van der Waals surface area (Å²) in [4.78, 5) is 26.0. The fraction of sp³-hybridized carbons (Fsp3) is 0.579. The summed E-state index contributed by atoms with van der Waals surface area (Å²) in [5.41, 5.74) is 0.569. The van der Waals surface area contributed by atoms with E-state index in [1.165, 1.54) is 7.11 Å². The Kier molecular flexibility index (Phi) is 9.96. The number of carbonyl (C=O) groups excluding carboxylic acids is 2. The zero-order valence-corrected chi connectivity index (χ0v) is 17.1. The average Bonchev–Trinajstić information content (AvgIpc) is 2.70. The molecule has 7 nitrogen and oxygen atoms in total. The second-order valence-corrected chi connectivity index (χ2v) is 6.37. The van der Waals surface area contributed by atoms with Crippen molar-refractivity contribution < 1.29 is 19.1 Å². The van der Waals surface area contributed by atoms with Gasteiger partial charge in [-0.1, -0.05) is 6.92 Å². The van der Waals surface area contributed by atoms with Crippen LogP contribution in [0.1, 0.15) is 30.1 Å². The number of hydrogen-bond acceptors (Lipinski definition) is 5. The highest BCUT2D eigenvalue weighted by molar-refractivity contribution is 5.95. The van der Waals surface area contributed by atoms with Crippen LogP contribution < -0.4 is 20.1 Å². The van der Waals surface area contributed by atoms with Crippen molar-refractivity contribution in [2.75, 3.05) is 46.9 Å². The van der Waals surface area contributed by atoms with E-state index in [4.69, 9.17) is 9.47 Å². The summed E-state index contributed by atoms with van der Waals surface area (Å²) in [6.07, 6.45) is 2.03. The fourth-order valence-corrected chi connectivity index (χ4v) is 3.01. The first-order valence-electron chi connectivity index (χ1n) is 9.10. The van der Waals surface area contributed by atoms with Crippen molar-refractivity contribution in [2.45, 2.75) is 19.8 Å². The van der Waals surface area contributed by atoms with Gasteiger partial charge in [-0.2, -0.15) is 0 Å². The summed E-state index contributed by atoms with van der Waals surface area (Å²) in [5.74, 6) is 1.29. The number of ether oxygens (including phenoxy) is 2. The van der Waals surface area contributed by atoms with E-state index in [1.807, 2.05) is 4.90 Å². The lowest BCUT2D eigenvalue weighted by Gasteiger charge is -2.32. The molecule has 8 heteroatoms. The summed E-state index contributed by atoms with van der Waals surface area (Å²) in [6, 6.07) is 5.06. The maximum Gasteiger partial charge on any atom is 0.257 e. The molecule has 27 heavy (non-hydrogen) atoms. The molecule has 1 aliphatic rings. The lowest BCUT2D eigenvalue weighted by Crippen LogP contribution is -2.40. The molecular weight excluding hydrogens is 370 g/mol. The third-order valence-electron chi connectivity index (χ3n) is 4.63. The minimum Gasteiger partial charge on any atom is -0.493 e. The lowest BCUT2D eigenvalue weighted by atomic mass is 9.96. The zero-order chi connectivity index (χ0) is 18.9. The number of nitrogens with zero attached hydrogens (tertiary/aromatic N) is 1. The van der Waals surface area contributed by atoms with E-state index in [2.05, 4.69) is 17.6 Å². The van der Waals surface area contributed by atoms with Crippen molar-refractivity contribution in [3.63, 3.8) is 0 Å². The van der Waals surface area contributed by atoms with E-state index >= 15 is 0 Å². The number of methoxy groups -OCH3 is 1. The Morgan fingerprint density at radius 2 is 1.93 bits per heavy atom. The van der Waals surface area contributed by atoms with Gasteiger partial charge in [-0.25, -0.2) is 0 Å². The lowest BCUT2D eigenvalue weighted by molar-refractivity contribution is -0.122. The van der Waals surface area contributed by atoms with E-state index in [0.717, 1.165) is 39.0 Å². The standard InChI is InChI=1S/C19H29N3O4.ClH/c1-4-21-12-14-7-9-22(10-8-14)19(24)15-5-6-16(17(11-15)25-3)26-13-18(23)20-2;/h5-6,11,14,21H,4,7-10,12-13H2,1-3H3,(H,20,23);1H. The second-order valence-electron chi connectivity index (χ2n) is 6.37. The molecule has 0 bridgehead atoms. The van der Waals surface area contributed by atoms with Crippen LogP contribution in [0.5, 0.6) is 11.5 Å². The maximum atomic E-state index is 12.8. The largest absolute Gasteiger partial charge is 0.493 e. The molecule has 1 aromatic rings. The van der Waals surface area contributed by atoms with Crippen molar-refractivity contribution in [2.24, 2.45) is 5.92 Å². The maximum absolute atomic E-state index is 12.8. The van der Waals surface area contributed by atoms with Crippen LogP contribution in [0.2, 0.25) is 0 Å². The Labute approximate surface area is 167 Å². The highest BCUT2D eigenvalue weighted by atomic mass is 35.5. The molecule has 0 spiro atoms. The van der Waals surface area contributed by atoms with Gasteiger partial charge in [0.25, 0.3) is 11.8 Å². The number of hydrogen-bond donors (Lipinski definition) is 2. The number of carbonyl (C=O) groups is 2. The number of amides is 2. The highest BCUT2D eigenvalue weighted by Crippen LogP contribution is 2.29. The number of piperidine rings is 1. The van der Waals surface area contributed by atoms with Gasteiger partial charge in [0.2, 0.25) is 0 Å². The number of halogens is 1. The number of rotatable bonds is 8. The number of likely N-dealkylation sites (tertiary alicyclic amines) is 1. The molecule has 1 fully saturated rings. The van der Waals surface area contributed by atoms with Crippen LogP contribution >= 0.6 is 12.4 Å². The molecule has 1 aliphatic heterocycles. The van der Waals surface area contributed by atoms with Gasteiger partial charge in [-0.05, 0) is 50.0 Å². The second kappa shape index (κ2) is 11.7. The first kappa shape index (κ1) is 23.0. The minimum atomic E-state index is -0.229. The molecule has 0 atom stereocenters. The Morgan fingerprint density at radius 1 is 1.22 bits per heavy atom. The van der Waals surface area contributed by atoms with Gasteiger partial charge in [0.05, 0.1) is 7.11 Å². The normalized spacial score (nSPS) is 14.3. The summed E-state index contributed by atoms with van der Waals surface area (Å²) < 4.78 is 10.8. The van der Waals surface area contributed by atoms with Gasteiger partial charge in [0, 0.05) is 25.7 Å². The van der Waals surface area contributed by atoms with Crippen LogP contribution in [0.25, 0.3) is 0 Å². The van der Waals surface area contributed by atoms with Crippen LogP contribution in [0.4, 0.5) is 0 Å². The van der Waals surface area contributed by atoms with E-state index in [0.29, 0.717) is 23.0 Å². The Balaban J connectivity index is 0.00000364. The molecule has 1 heterocycles. The molecule has 0 saturated carbocycles. The number of benzene rings is 1. The smallest absolute Gasteiger partial charge is 0.257 e. The molecule has 1 saturated heterocycles. The van der Waals surface area contributed by atoms with Gasteiger partial charge < -0.3 is 25.0 Å².